The number of fused-ring (bicyclic) bond motifs is 1. The number of nitrogens with two attached hydrogens (primary N) is 1. The Morgan fingerprint density at radius 1 is 1.37 bits per heavy atom. The third kappa shape index (κ3) is 4.18. The fraction of sp³-hybridized carbons (Fsp3) is 0.278. The quantitative estimate of drug-likeness (QED) is 0.787. The Bertz CT molecular complexity index is 1010. The van der Waals surface area contributed by atoms with E-state index < -0.39 is 15.9 Å². The molecule has 0 aliphatic carbocycles. The van der Waals surface area contributed by atoms with Crippen molar-refractivity contribution in [3.63, 3.8) is 0 Å². The molecular formula is C18H19ClN2O5S. The number of carbonyl (C=O) groups excluding carboxylic acids is 1. The monoisotopic (exact) mass is 410 g/mol. The van der Waals surface area contributed by atoms with Gasteiger partial charge in [0.15, 0.2) is 0 Å². The number of amides is 1. The maximum atomic E-state index is 12.6. The van der Waals surface area contributed by atoms with Gasteiger partial charge in [0.05, 0.1) is 17.3 Å². The summed E-state index contributed by atoms with van der Waals surface area (Å²) in [6.07, 6.45) is 0.812. The van der Waals surface area contributed by atoms with E-state index in [0.29, 0.717) is 23.8 Å². The Morgan fingerprint density at radius 2 is 2.11 bits per heavy atom. The summed E-state index contributed by atoms with van der Waals surface area (Å²) < 4.78 is 34.6. The van der Waals surface area contributed by atoms with E-state index in [4.69, 9.17) is 26.2 Å². The number of ether oxygens (including phenoxy) is 2. The molecule has 2 aromatic rings. The van der Waals surface area contributed by atoms with Gasteiger partial charge in [0.1, 0.15) is 22.5 Å². The third-order valence-electron chi connectivity index (χ3n) is 4.05. The predicted molar refractivity (Wildman–Crippen MR) is 102 cm³/mol. The molecule has 0 bridgehead atoms. The second-order valence-electron chi connectivity index (χ2n) is 6.17. The predicted octanol–water partition coefficient (Wildman–Crippen LogP) is 2.96. The fourth-order valence-electron chi connectivity index (χ4n) is 2.87. The summed E-state index contributed by atoms with van der Waals surface area (Å²) in [7, 11) is -4.05. The van der Waals surface area contributed by atoms with Crippen LogP contribution in [0.2, 0.25) is 5.02 Å². The Balaban J connectivity index is 1.94. The second kappa shape index (κ2) is 7.38. The molecule has 1 amide bonds. The minimum atomic E-state index is -4.05. The van der Waals surface area contributed by atoms with Gasteiger partial charge in [0.2, 0.25) is 10.0 Å². The second-order valence-corrected chi connectivity index (χ2v) is 8.10. The first kappa shape index (κ1) is 19.5. The van der Waals surface area contributed by atoms with Crippen LogP contribution in [0.3, 0.4) is 0 Å². The molecule has 9 heteroatoms. The highest BCUT2D eigenvalue weighted by molar-refractivity contribution is 7.89. The molecule has 1 unspecified atom stereocenters. The number of benzene rings is 2. The zero-order valence-corrected chi connectivity index (χ0v) is 16.4. The molecule has 0 fully saturated rings. The number of carbonyl (C=O) groups is 1. The molecule has 1 aliphatic rings. The molecule has 0 spiro atoms. The van der Waals surface area contributed by atoms with Crippen molar-refractivity contribution in [2.75, 3.05) is 11.9 Å². The van der Waals surface area contributed by atoms with E-state index >= 15 is 0 Å². The van der Waals surface area contributed by atoms with Crippen molar-refractivity contribution in [1.29, 1.82) is 0 Å². The molecule has 0 radical (unpaired) electrons. The minimum absolute atomic E-state index is 0.0500. The van der Waals surface area contributed by atoms with E-state index in [1.165, 1.54) is 12.1 Å². The van der Waals surface area contributed by atoms with E-state index in [0.717, 1.165) is 18.1 Å². The Kier molecular flexibility index (Phi) is 5.32. The number of sulfonamides is 1. The summed E-state index contributed by atoms with van der Waals surface area (Å²) in [5.74, 6) is 0.675. The number of primary sulfonamides is 1. The lowest BCUT2D eigenvalue weighted by molar-refractivity contribution is 0.102. The van der Waals surface area contributed by atoms with Crippen LogP contribution < -0.4 is 19.9 Å². The summed E-state index contributed by atoms with van der Waals surface area (Å²) in [4.78, 5) is 12.3. The van der Waals surface area contributed by atoms with Crippen LogP contribution in [-0.4, -0.2) is 27.0 Å². The van der Waals surface area contributed by atoms with E-state index in [2.05, 4.69) is 5.32 Å². The smallest absolute Gasteiger partial charge is 0.255 e. The molecule has 3 N–H and O–H groups in total. The average molecular weight is 411 g/mol. The van der Waals surface area contributed by atoms with Crippen LogP contribution in [-0.2, 0) is 16.4 Å². The summed E-state index contributed by atoms with van der Waals surface area (Å²) >= 11 is 5.86. The van der Waals surface area contributed by atoms with E-state index in [-0.39, 0.29) is 21.6 Å². The molecule has 0 saturated heterocycles. The molecule has 0 aromatic heterocycles. The topological polar surface area (TPSA) is 108 Å². The maximum Gasteiger partial charge on any atom is 0.255 e. The van der Waals surface area contributed by atoms with Crippen molar-refractivity contribution in [2.45, 2.75) is 31.3 Å². The summed E-state index contributed by atoms with van der Waals surface area (Å²) in [6.45, 7) is 4.23. The van der Waals surface area contributed by atoms with Gasteiger partial charge < -0.3 is 14.8 Å². The van der Waals surface area contributed by atoms with Crippen molar-refractivity contribution in [2.24, 2.45) is 5.14 Å². The first-order valence-corrected chi connectivity index (χ1v) is 10.2. The Labute approximate surface area is 162 Å². The minimum Gasteiger partial charge on any atom is -0.492 e. The third-order valence-corrected chi connectivity index (χ3v) is 5.44. The van der Waals surface area contributed by atoms with Crippen molar-refractivity contribution in [3.05, 3.63) is 46.5 Å². The number of nitrogens with one attached hydrogen (secondary N) is 1. The molecular weight excluding hydrogens is 392 g/mol. The van der Waals surface area contributed by atoms with Crippen LogP contribution in [0.1, 0.15) is 29.8 Å². The van der Waals surface area contributed by atoms with Crippen molar-refractivity contribution in [3.8, 4) is 11.5 Å². The van der Waals surface area contributed by atoms with Crippen LogP contribution >= 0.6 is 11.6 Å². The highest BCUT2D eigenvalue weighted by Crippen LogP contribution is 2.38. The van der Waals surface area contributed by atoms with Gasteiger partial charge >= 0.3 is 0 Å². The summed E-state index contributed by atoms with van der Waals surface area (Å²) in [6, 6.07) is 7.42. The fourth-order valence-corrected chi connectivity index (χ4v) is 3.94. The molecule has 1 atom stereocenters. The number of hydrogen-bond donors (Lipinski definition) is 2. The van der Waals surface area contributed by atoms with Gasteiger partial charge in [-0.25, -0.2) is 13.6 Å². The highest BCUT2D eigenvalue weighted by Gasteiger charge is 2.23. The number of hydrogen-bond acceptors (Lipinski definition) is 5. The lowest BCUT2D eigenvalue weighted by atomic mass is 10.1. The summed E-state index contributed by atoms with van der Waals surface area (Å²) in [5.41, 5.74) is 1.54. The normalized spacial score (nSPS) is 15.8. The maximum absolute atomic E-state index is 12.6. The molecule has 1 aliphatic heterocycles. The number of halogens is 1. The van der Waals surface area contributed by atoms with Crippen molar-refractivity contribution in [1.82, 2.24) is 0 Å². The van der Waals surface area contributed by atoms with Gasteiger partial charge in [-0.3, -0.25) is 4.79 Å². The van der Waals surface area contributed by atoms with Crippen molar-refractivity contribution >= 4 is 33.2 Å². The van der Waals surface area contributed by atoms with E-state index in [9.17, 15) is 13.2 Å². The van der Waals surface area contributed by atoms with Crippen LogP contribution in [0.5, 0.6) is 11.5 Å². The van der Waals surface area contributed by atoms with Gasteiger partial charge in [-0.15, -0.1) is 0 Å². The molecule has 3 rings (SSSR count). The molecule has 1 heterocycles. The first-order valence-electron chi connectivity index (χ1n) is 8.29. The van der Waals surface area contributed by atoms with Gasteiger partial charge in [-0.05, 0) is 38.1 Å². The van der Waals surface area contributed by atoms with Gasteiger partial charge in [-0.1, -0.05) is 11.6 Å². The van der Waals surface area contributed by atoms with Crippen LogP contribution in [0, 0.1) is 0 Å². The van der Waals surface area contributed by atoms with E-state index in [1.807, 2.05) is 19.9 Å². The standard InChI is InChI=1S/C18H19ClN2O5S/c1-3-25-16-7-12-6-10(2)26-15(12)9-14(16)21-18(22)11-4-5-13(19)17(8-11)27(20,23)24/h4-5,7-10H,3,6H2,1-2H3,(H,21,22)(H2,20,23,24). The lowest BCUT2D eigenvalue weighted by Gasteiger charge is -2.14. The largest absolute Gasteiger partial charge is 0.492 e. The molecule has 27 heavy (non-hydrogen) atoms. The zero-order chi connectivity index (χ0) is 19.8. The molecule has 0 saturated carbocycles. The molecule has 7 nitrogen and oxygen atoms in total. The molecule has 144 valence electrons. The first-order chi connectivity index (χ1) is 12.7. The number of anilines is 1. The van der Waals surface area contributed by atoms with E-state index in [1.54, 1.807) is 6.07 Å². The van der Waals surface area contributed by atoms with Crippen LogP contribution in [0.15, 0.2) is 35.2 Å². The van der Waals surface area contributed by atoms with Crippen molar-refractivity contribution < 1.29 is 22.7 Å². The Hall–Kier alpha value is -2.29. The highest BCUT2D eigenvalue weighted by atomic mass is 35.5. The average Bonchev–Trinajstić information content (AvgIpc) is 2.93. The summed E-state index contributed by atoms with van der Waals surface area (Å²) in [5, 5.41) is 7.82. The zero-order valence-electron chi connectivity index (χ0n) is 14.8. The molecule has 2 aromatic carbocycles. The SMILES string of the molecule is CCOc1cc2c(cc1NC(=O)c1ccc(Cl)c(S(N)(=O)=O)c1)OC(C)C2. The lowest BCUT2D eigenvalue weighted by Crippen LogP contribution is -2.16. The van der Waals surface area contributed by atoms with Crippen LogP contribution in [0.25, 0.3) is 0 Å². The Morgan fingerprint density at radius 3 is 2.78 bits per heavy atom. The van der Waals surface area contributed by atoms with Gasteiger partial charge in [-0.2, -0.15) is 0 Å². The van der Waals surface area contributed by atoms with Gasteiger partial charge in [0.25, 0.3) is 5.91 Å². The van der Waals surface area contributed by atoms with Gasteiger partial charge in [0, 0.05) is 23.6 Å². The number of rotatable bonds is 5. The van der Waals surface area contributed by atoms with Crippen LogP contribution in [0.4, 0.5) is 5.69 Å².